The number of thiophene rings is 1. The summed E-state index contributed by atoms with van der Waals surface area (Å²) in [5, 5.41) is 9.87. The highest BCUT2D eigenvalue weighted by Gasteiger charge is 2.21. The molecule has 3 heteroatoms. The van der Waals surface area contributed by atoms with Gasteiger partial charge in [0, 0.05) is 47.9 Å². The number of hydrogen-bond donors (Lipinski definition) is 0. The van der Waals surface area contributed by atoms with Crippen molar-refractivity contribution in [2.24, 2.45) is 0 Å². The second kappa shape index (κ2) is 13.6. The van der Waals surface area contributed by atoms with Crippen LogP contribution in [0.15, 0.2) is 217 Å². The van der Waals surface area contributed by atoms with E-state index in [0.29, 0.717) is 0 Å². The van der Waals surface area contributed by atoms with Crippen molar-refractivity contribution in [2.75, 3.05) is 4.90 Å². The maximum absolute atomic E-state index is 6.98. The summed E-state index contributed by atoms with van der Waals surface area (Å²) < 4.78 is 9.61. The van der Waals surface area contributed by atoms with E-state index in [0.717, 1.165) is 50.1 Å². The second-order valence-electron chi connectivity index (χ2n) is 15.3. The summed E-state index contributed by atoms with van der Waals surface area (Å²) >= 11 is 1.86. The Bertz CT molecular complexity index is 3540. The summed E-state index contributed by atoms with van der Waals surface area (Å²) in [4.78, 5) is 2.34. The largest absolute Gasteiger partial charge is 0.453 e. The molecule has 10 aromatic carbocycles. The number of para-hydroxylation sites is 2. The first kappa shape index (κ1) is 33.7. The van der Waals surface area contributed by atoms with E-state index >= 15 is 0 Å². The average Bonchev–Trinajstić information content (AvgIpc) is 3.88. The summed E-state index contributed by atoms with van der Waals surface area (Å²) in [6.07, 6.45) is 0. The Morgan fingerprint density at radius 2 is 0.881 bits per heavy atom. The number of benzene rings is 10. The smallest absolute Gasteiger partial charge is 0.159 e. The van der Waals surface area contributed by atoms with E-state index in [2.05, 4.69) is 217 Å². The van der Waals surface area contributed by atoms with Gasteiger partial charge in [0.15, 0.2) is 5.58 Å². The molecule has 0 spiro atoms. The molecule has 0 saturated heterocycles. The van der Waals surface area contributed by atoms with Crippen LogP contribution in [0.3, 0.4) is 0 Å². The lowest BCUT2D eigenvalue weighted by Crippen LogP contribution is -2.10. The third kappa shape index (κ3) is 5.62. The van der Waals surface area contributed by atoms with Gasteiger partial charge in [-0.2, -0.15) is 0 Å². The molecule has 0 N–H and O–H groups in total. The van der Waals surface area contributed by atoms with Crippen molar-refractivity contribution in [2.45, 2.75) is 0 Å². The van der Waals surface area contributed by atoms with E-state index in [1.807, 2.05) is 11.3 Å². The molecule has 12 aromatic rings. The van der Waals surface area contributed by atoms with Crippen molar-refractivity contribution >= 4 is 92.1 Å². The first-order valence-electron chi connectivity index (χ1n) is 20.1. The van der Waals surface area contributed by atoms with Crippen molar-refractivity contribution in [3.63, 3.8) is 0 Å². The minimum Gasteiger partial charge on any atom is -0.453 e. The van der Waals surface area contributed by atoms with Crippen LogP contribution < -0.4 is 4.90 Å². The lowest BCUT2D eigenvalue weighted by atomic mass is 9.97. The van der Waals surface area contributed by atoms with Crippen molar-refractivity contribution in [1.29, 1.82) is 0 Å². The standard InChI is InChI=1S/C56H35NOS/c1-2-10-38(11-3-1)46-15-8-16-49-50-17-9-18-52(56(50)58-55(46)49)57(44-31-26-37(27-32-44)42-28-33-48-47-14-6-7-19-53(47)59-54(48)35-42)43-29-24-36(25-30-43)41-23-22-40-21-20-39-12-4-5-13-45(39)51(40)34-41/h1-35H. The molecule has 12 rings (SSSR count). The highest BCUT2D eigenvalue weighted by atomic mass is 32.1. The van der Waals surface area contributed by atoms with Gasteiger partial charge in [-0.15, -0.1) is 11.3 Å². The molecule has 276 valence electrons. The minimum atomic E-state index is 0.857. The van der Waals surface area contributed by atoms with E-state index in [4.69, 9.17) is 4.42 Å². The molecular weight excluding hydrogens is 735 g/mol. The van der Waals surface area contributed by atoms with Crippen molar-refractivity contribution < 1.29 is 4.42 Å². The predicted octanol–water partition coefficient (Wildman–Crippen LogP) is 16.7. The van der Waals surface area contributed by atoms with Crippen LogP contribution in [0.4, 0.5) is 17.1 Å². The highest BCUT2D eigenvalue weighted by Crippen LogP contribution is 2.45. The van der Waals surface area contributed by atoms with Gasteiger partial charge < -0.3 is 9.32 Å². The Labute approximate surface area is 345 Å². The summed E-state index contributed by atoms with van der Waals surface area (Å²) in [5.41, 5.74) is 11.8. The summed E-state index contributed by atoms with van der Waals surface area (Å²) in [6.45, 7) is 0. The predicted molar refractivity (Wildman–Crippen MR) is 253 cm³/mol. The minimum absolute atomic E-state index is 0.857. The van der Waals surface area contributed by atoms with Crippen LogP contribution in [0.2, 0.25) is 0 Å². The number of rotatable bonds is 6. The topological polar surface area (TPSA) is 16.4 Å². The van der Waals surface area contributed by atoms with Gasteiger partial charge in [0.1, 0.15) is 5.58 Å². The molecule has 0 fully saturated rings. The second-order valence-corrected chi connectivity index (χ2v) is 16.3. The van der Waals surface area contributed by atoms with Crippen LogP contribution in [0.5, 0.6) is 0 Å². The van der Waals surface area contributed by atoms with Gasteiger partial charge in [0.2, 0.25) is 0 Å². The van der Waals surface area contributed by atoms with Gasteiger partial charge in [0.05, 0.1) is 5.69 Å². The van der Waals surface area contributed by atoms with E-state index < -0.39 is 0 Å². The van der Waals surface area contributed by atoms with Gasteiger partial charge in [-0.05, 0) is 97.9 Å². The van der Waals surface area contributed by atoms with Crippen LogP contribution in [0.25, 0.3) is 97.0 Å². The average molecular weight is 770 g/mol. The Morgan fingerprint density at radius 1 is 0.322 bits per heavy atom. The Kier molecular flexibility index (Phi) is 7.75. The molecule has 0 aliphatic heterocycles. The van der Waals surface area contributed by atoms with E-state index in [-0.39, 0.29) is 0 Å². The van der Waals surface area contributed by atoms with Gasteiger partial charge in [-0.3, -0.25) is 0 Å². The number of fused-ring (bicyclic) bond motifs is 9. The third-order valence-electron chi connectivity index (χ3n) is 11.9. The van der Waals surface area contributed by atoms with Crippen molar-refractivity contribution in [3.8, 4) is 33.4 Å². The lowest BCUT2D eigenvalue weighted by molar-refractivity contribution is 0.670. The molecule has 2 nitrogen and oxygen atoms in total. The van der Waals surface area contributed by atoms with Crippen LogP contribution in [-0.2, 0) is 0 Å². The normalized spacial score (nSPS) is 11.7. The summed E-state index contributed by atoms with van der Waals surface area (Å²) in [5.74, 6) is 0. The molecule has 0 aliphatic carbocycles. The zero-order chi connectivity index (χ0) is 38.9. The first-order chi connectivity index (χ1) is 29.2. The quantitative estimate of drug-likeness (QED) is 0.157. The fourth-order valence-corrected chi connectivity index (χ4v) is 10.1. The van der Waals surface area contributed by atoms with Gasteiger partial charge in [-0.1, -0.05) is 164 Å². The zero-order valence-electron chi connectivity index (χ0n) is 32.0. The Balaban J connectivity index is 0.992. The molecule has 2 aromatic heterocycles. The fourth-order valence-electron chi connectivity index (χ4n) is 8.95. The van der Waals surface area contributed by atoms with E-state index in [1.165, 1.54) is 64.0 Å². The maximum Gasteiger partial charge on any atom is 0.159 e. The molecule has 2 heterocycles. The molecule has 0 atom stereocenters. The zero-order valence-corrected chi connectivity index (χ0v) is 32.8. The highest BCUT2D eigenvalue weighted by molar-refractivity contribution is 7.25. The van der Waals surface area contributed by atoms with Crippen LogP contribution in [-0.4, -0.2) is 0 Å². The van der Waals surface area contributed by atoms with Crippen molar-refractivity contribution in [1.82, 2.24) is 0 Å². The van der Waals surface area contributed by atoms with Crippen LogP contribution in [0, 0.1) is 0 Å². The van der Waals surface area contributed by atoms with Gasteiger partial charge in [-0.25, -0.2) is 0 Å². The fraction of sp³-hybridized carbons (Fsp3) is 0. The monoisotopic (exact) mass is 769 g/mol. The number of furan rings is 1. The number of hydrogen-bond acceptors (Lipinski definition) is 3. The van der Waals surface area contributed by atoms with Gasteiger partial charge in [0.25, 0.3) is 0 Å². The molecular formula is C56H35NOS. The summed E-state index contributed by atoms with van der Waals surface area (Å²) in [6, 6.07) is 76.8. The summed E-state index contributed by atoms with van der Waals surface area (Å²) in [7, 11) is 0. The van der Waals surface area contributed by atoms with Crippen molar-refractivity contribution in [3.05, 3.63) is 212 Å². The molecule has 0 aliphatic rings. The number of anilines is 3. The third-order valence-corrected chi connectivity index (χ3v) is 13.0. The SMILES string of the molecule is c1ccc(-c2cccc3c2oc2c(N(c4ccc(-c5ccc6c(c5)sc5ccccc56)cc4)c4ccc(-c5ccc6ccc7ccccc7c6c5)cc4)cccc23)cc1. The van der Waals surface area contributed by atoms with E-state index in [9.17, 15) is 0 Å². The van der Waals surface area contributed by atoms with E-state index in [1.54, 1.807) is 0 Å². The molecule has 0 radical (unpaired) electrons. The molecule has 0 amide bonds. The van der Waals surface area contributed by atoms with Gasteiger partial charge >= 0.3 is 0 Å². The number of nitrogens with zero attached hydrogens (tertiary/aromatic N) is 1. The van der Waals surface area contributed by atoms with Crippen LogP contribution >= 0.6 is 11.3 Å². The first-order valence-corrected chi connectivity index (χ1v) is 20.9. The lowest BCUT2D eigenvalue weighted by Gasteiger charge is -2.26. The van der Waals surface area contributed by atoms with Crippen LogP contribution in [0.1, 0.15) is 0 Å². The Morgan fingerprint density at radius 3 is 1.66 bits per heavy atom. The molecule has 0 unspecified atom stereocenters. The Hall–Kier alpha value is -7.46. The molecule has 0 bridgehead atoms. The molecule has 0 saturated carbocycles. The maximum atomic E-state index is 6.98. The molecule has 59 heavy (non-hydrogen) atoms.